The molecule has 0 radical (unpaired) electrons. The van der Waals surface area contributed by atoms with Crippen LogP contribution in [-0.4, -0.2) is 23.2 Å². The molecule has 0 saturated heterocycles. The number of oxime groups is 1. The molecule has 36 heavy (non-hydrogen) atoms. The molecule has 0 amide bonds. The van der Waals surface area contributed by atoms with Crippen molar-refractivity contribution in [3.05, 3.63) is 131 Å². The van der Waals surface area contributed by atoms with Crippen LogP contribution >= 0.6 is 11.8 Å². The van der Waals surface area contributed by atoms with Crippen LogP contribution in [-0.2, 0) is 9.63 Å². The maximum Gasteiger partial charge on any atom is 0.332 e. The fraction of sp³-hybridized carbons (Fsp3) is 0.0667. The van der Waals surface area contributed by atoms with Gasteiger partial charge in [0.2, 0.25) is 5.78 Å². The van der Waals surface area contributed by atoms with E-state index in [2.05, 4.69) is 5.16 Å². The normalized spacial score (nSPS) is 11.1. The van der Waals surface area contributed by atoms with Gasteiger partial charge in [-0.3, -0.25) is 9.59 Å². The van der Waals surface area contributed by atoms with Gasteiger partial charge in [0.15, 0.2) is 11.5 Å². The first-order chi connectivity index (χ1) is 17.4. The smallest absolute Gasteiger partial charge is 0.318 e. The van der Waals surface area contributed by atoms with Gasteiger partial charge in [-0.1, -0.05) is 71.5 Å². The topological polar surface area (TPSA) is 72.8 Å². The van der Waals surface area contributed by atoms with Gasteiger partial charge in [0.25, 0.3) is 0 Å². The number of rotatable bonds is 8. The highest BCUT2D eigenvalue weighted by atomic mass is 32.2. The van der Waals surface area contributed by atoms with Crippen molar-refractivity contribution in [2.45, 2.75) is 23.6 Å². The molecule has 0 fully saturated rings. The largest absolute Gasteiger partial charge is 0.332 e. The van der Waals surface area contributed by atoms with E-state index in [0.717, 1.165) is 15.4 Å². The average molecular weight is 494 g/mol. The second-order valence-electron chi connectivity index (χ2n) is 8.01. The van der Waals surface area contributed by atoms with Crippen LogP contribution < -0.4 is 0 Å². The van der Waals surface area contributed by atoms with Gasteiger partial charge >= 0.3 is 5.97 Å². The van der Waals surface area contributed by atoms with Gasteiger partial charge < -0.3 is 4.84 Å². The molecule has 0 spiro atoms. The second-order valence-corrected chi connectivity index (χ2v) is 9.16. The highest BCUT2D eigenvalue weighted by Crippen LogP contribution is 2.28. The summed E-state index contributed by atoms with van der Waals surface area (Å²) in [6, 6.07) is 31.1. The Labute approximate surface area is 213 Å². The summed E-state index contributed by atoms with van der Waals surface area (Å²) < 4.78 is 0. The van der Waals surface area contributed by atoms with E-state index in [9.17, 15) is 14.4 Å². The number of aryl methyl sites for hydroxylation is 1. The number of hydrogen-bond donors (Lipinski definition) is 0. The molecule has 0 aliphatic carbocycles. The van der Waals surface area contributed by atoms with Gasteiger partial charge in [-0.15, -0.1) is 0 Å². The Kier molecular flexibility index (Phi) is 7.88. The quantitative estimate of drug-likeness (QED) is 0.121. The zero-order valence-corrected chi connectivity index (χ0v) is 20.6. The van der Waals surface area contributed by atoms with Crippen LogP contribution in [0.5, 0.6) is 0 Å². The first-order valence-electron chi connectivity index (χ1n) is 11.3. The van der Waals surface area contributed by atoms with Gasteiger partial charge in [0.1, 0.15) is 0 Å². The number of benzene rings is 4. The van der Waals surface area contributed by atoms with Crippen molar-refractivity contribution in [3.8, 4) is 0 Å². The Hall–Kier alpha value is -4.29. The number of carbonyl (C=O) groups excluding carboxylic acids is 3. The molecule has 0 aliphatic rings. The van der Waals surface area contributed by atoms with Crippen LogP contribution in [0.2, 0.25) is 0 Å². The molecule has 4 aromatic rings. The van der Waals surface area contributed by atoms with E-state index in [-0.39, 0.29) is 17.3 Å². The molecule has 5 nitrogen and oxygen atoms in total. The molecule has 0 saturated carbocycles. The van der Waals surface area contributed by atoms with Crippen LogP contribution in [0.25, 0.3) is 0 Å². The molecule has 178 valence electrons. The Morgan fingerprint density at radius 3 is 1.78 bits per heavy atom. The van der Waals surface area contributed by atoms with Gasteiger partial charge in [-0.2, -0.15) is 0 Å². The minimum Gasteiger partial charge on any atom is -0.318 e. The van der Waals surface area contributed by atoms with Crippen molar-refractivity contribution in [1.29, 1.82) is 0 Å². The zero-order valence-electron chi connectivity index (χ0n) is 19.8. The fourth-order valence-electron chi connectivity index (χ4n) is 3.54. The summed E-state index contributed by atoms with van der Waals surface area (Å²) in [5.74, 6) is -0.960. The standard InChI is InChI=1S/C30H23NO4S/c1-20-8-6-7-11-27(20)28(31-35-21(2)32)30(34)24-14-18-26(19-15-24)36-25-16-12-23(13-17-25)29(33)22-9-4-3-5-10-22/h3-19H,1-2H3/b31-28+. The highest BCUT2D eigenvalue weighted by Gasteiger charge is 2.19. The lowest BCUT2D eigenvalue weighted by Crippen LogP contribution is -2.18. The van der Waals surface area contributed by atoms with E-state index < -0.39 is 5.97 Å². The third-order valence-electron chi connectivity index (χ3n) is 5.39. The van der Waals surface area contributed by atoms with Crippen LogP contribution in [0.3, 0.4) is 0 Å². The van der Waals surface area contributed by atoms with E-state index in [0.29, 0.717) is 22.3 Å². The van der Waals surface area contributed by atoms with E-state index >= 15 is 0 Å². The molecule has 6 heteroatoms. The number of nitrogens with zero attached hydrogens (tertiary/aromatic N) is 1. The fourth-order valence-corrected chi connectivity index (χ4v) is 4.36. The van der Waals surface area contributed by atoms with Crippen molar-refractivity contribution < 1.29 is 19.2 Å². The van der Waals surface area contributed by atoms with E-state index in [1.54, 1.807) is 36.4 Å². The Bertz CT molecular complexity index is 1430. The monoisotopic (exact) mass is 493 g/mol. The van der Waals surface area contributed by atoms with Crippen molar-refractivity contribution >= 4 is 35.0 Å². The zero-order chi connectivity index (χ0) is 25.5. The van der Waals surface area contributed by atoms with Gasteiger partial charge in [0.05, 0.1) is 0 Å². The van der Waals surface area contributed by atoms with Gasteiger partial charge in [-0.05, 0) is 61.0 Å². The summed E-state index contributed by atoms with van der Waals surface area (Å²) in [5, 5.41) is 3.85. The minimum absolute atomic E-state index is 0.0186. The lowest BCUT2D eigenvalue weighted by molar-refractivity contribution is -0.140. The Morgan fingerprint density at radius 1 is 0.667 bits per heavy atom. The summed E-state index contributed by atoms with van der Waals surface area (Å²) in [7, 11) is 0. The summed E-state index contributed by atoms with van der Waals surface area (Å²) in [6.07, 6.45) is 0. The molecule has 4 aromatic carbocycles. The number of carbonyl (C=O) groups is 3. The van der Waals surface area contributed by atoms with Crippen LogP contribution in [0.1, 0.15) is 44.3 Å². The number of ketones is 2. The first kappa shape index (κ1) is 24.8. The van der Waals surface area contributed by atoms with Gasteiger partial charge in [0, 0.05) is 39.0 Å². The highest BCUT2D eigenvalue weighted by molar-refractivity contribution is 7.99. The van der Waals surface area contributed by atoms with E-state index in [1.165, 1.54) is 18.7 Å². The van der Waals surface area contributed by atoms with Crippen LogP contribution in [0.4, 0.5) is 0 Å². The van der Waals surface area contributed by atoms with E-state index in [1.807, 2.05) is 73.7 Å². The molecule has 0 unspecified atom stereocenters. The van der Waals surface area contributed by atoms with Crippen LogP contribution in [0, 0.1) is 6.92 Å². The molecule has 0 bridgehead atoms. The predicted octanol–water partition coefficient (Wildman–Crippen LogP) is 6.53. The van der Waals surface area contributed by atoms with Crippen molar-refractivity contribution in [2.24, 2.45) is 5.16 Å². The summed E-state index contributed by atoms with van der Waals surface area (Å²) >= 11 is 1.52. The molecular formula is C30H23NO4S. The molecule has 0 atom stereocenters. The third-order valence-corrected chi connectivity index (χ3v) is 6.40. The lowest BCUT2D eigenvalue weighted by atomic mass is 9.97. The second kappa shape index (κ2) is 11.4. The SMILES string of the molecule is CC(=O)O/N=C(/C(=O)c1ccc(Sc2ccc(C(=O)c3ccccc3)cc2)cc1)c1ccccc1C. The minimum atomic E-state index is -0.600. The maximum atomic E-state index is 13.2. The summed E-state index contributed by atoms with van der Waals surface area (Å²) in [5.41, 5.74) is 3.23. The van der Waals surface area contributed by atoms with Crippen molar-refractivity contribution in [1.82, 2.24) is 0 Å². The average Bonchev–Trinajstić information content (AvgIpc) is 2.90. The number of hydrogen-bond acceptors (Lipinski definition) is 6. The van der Waals surface area contributed by atoms with E-state index in [4.69, 9.17) is 4.84 Å². The molecule has 0 heterocycles. The van der Waals surface area contributed by atoms with Crippen molar-refractivity contribution in [3.63, 3.8) is 0 Å². The summed E-state index contributed by atoms with van der Waals surface area (Å²) in [6.45, 7) is 3.10. The molecule has 0 aromatic heterocycles. The molecule has 4 rings (SSSR count). The third kappa shape index (κ3) is 6.03. The predicted molar refractivity (Wildman–Crippen MR) is 141 cm³/mol. The Morgan fingerprint density at radius 2 is 1.19 bits per heavy atom. The number of Topliss-reactive ketones (excluding diaryl/α,β-unsaturated/α-hetero) is 1. The van der Waals surface area contributed by atoms with Crippen molar-refractivity contribution in [2.75, 3.05) is 0 Å². The van der Waals surface area contributed by atoms with Crippen LogP contribution in [0.15, 0.2) is 118 Å². The lowest BCUT2D eigenvalue weighted by Gasteiger charge is -2.09. The summed E-state index contributed by atoms with van der Waals surface area (Å²) in [4.78, 5) is 43.9. The maximum absolute atomic E-state index is 13.2. The molecule has 0 aliphatic heterocycles. The Balaban J connectivity index is 1.49. The molecular weight excluding hydrogens is 470 g/mol. The molecule has 0 N–H and O–H groups in total. The first-order valence-corrected chi connectivity index (χ1v) is 12.1. The van der Waals surface area contributed by atoms with Gasteiger partial charge in [-0.25, -0.2) is 4.79 Å².